The van der Waals surface area contributed by atoms with Crippen molar-refractivity contribution in [3.05, 3.63) is 108 Å². The molecule has 190 valence electrons. The van der Waals surface area contributed by atoms with Crippen molar-refractivity contribution in [3.8, 4) is 33.4 Å². The van der Waals surface area contributed by atoms with E-state index in [1.165, 1.54) is 97.6 Å². The molecule has 0 radical (unpaired) electrons. The highest BCUT2D eigenvalue weighted by Gasteiger charge is 2.42. The van der Waals surface area contributed by atoms with Crippen molar-refractivity contribution in [2.45, 2.75) is 83.5 Å². The van der Waals surface area contributed by atoms with Crippen LogP contribution in [0.25, 0.3) is 33.4 Å². The summed E-state index contributed by atoms with van der Waals surface area (Å²) in [5, 5.41) is 0. The molecule has 0 spiro atoms. The number of benzene rings is 4. The third-order valence-corrected chi connectivity index (χ3v) is 8.51. The van der Waals surface area contributed by atoms with Gasteiger partial charge in [-0.05, 0) is 63.4 Å². The summed E-state index contributed by atoms with van der Waals surface area (Å²) in [7, 11) is 0. The number of rotatable bonds is 12. The standard InChI is InChI=1S/C37H42/c1-3-5-7-14-26-37(27-15-8-6-4-2)35-19-13-12-18-33(35)34-25-24-32(28-36(34)37)31-22-20-30(21-23-31)29-16-10-9-11-17-29/h9-13,16-25,28H,3-8,14-15,26-27H2,1-2H3. The molecule has 0 nitrogen and oxygen atoms in total. The van der Waals surface area contributed by atoms with Gasteiger partial charge in [0.1, 0.15) is 0 Å². The number of fused-ring (bicyclic) bond motifs is 3. The van der Waals surface area contributed by atoms with Gasteiger partial charge in [-0.15, -0.1) is 0 Å². The summed E-state index contributed by atoms with van der Waals surface area (Å²) in [6.45, 7) is 4.63. The summed E-state index contributed by atoms with van der Waals surface area (Å²) >= 11 is 0. The van der Waals surface area contributed by atoms with E-state index in [-0.39, 0.29) is 5.41 Å². The van der Waals surface area contributed by atoms with Crippen molar-refractivity contribution in [1.29, 1.82) is 0 Å². The summed E-state index contributed by atoms with van der Waals surface area (Å²) in [5.74, 6) is 0. The lowest BCUT2D eigenvalue weighted by atomic mass is 9.70. The predicted octanol–water partition coefficient (Wildman–Crippen LogP) is 11.2. The molecule has 0 saturated carbocycles. The lowest BCUT2D eigenvalue weighted by molar-refractivity contribution is 0.401. The first-order valence-corrected chi connectivity index (χ1v) is 14.7. The Morgan fingerprint density at radius 1 is 0.432 bits per heavy atom. The topological polar surface area (TPSA) is 0 Å². The van der Waals surface area contributed by atoms with Crippen LogP contribution in [-0.4, -0.2) is 0 Å². The van der Waals surface area contributed by atoms with Crippen LogP contribution in [0.2, 0.25) is 0 Å². The molecule has 0 atom stereocenters. The Hall–Kier alpha value is -3.12. The van der Waals surface area contributed by atoms with Gasteiger partial charge >= 0.3 is 0 Å². The molecule has 5 rings (SSSR count). The summed E-state index contributed by atoms with van der Waals surface area (Å²) in [6.07, 6.45) is 13.1. The van der Waals surface area contributed by atoms with Gasteiger partial charge < -0.3 is 0 Å². The Morgan fingerprint density at radius 2 is 0.946 bits per heavy atom. The van der Waals surface area contributed by atoms with Gasteiger partial charge in [0.15, 0.2) is 0 Å². The molecule has 4 aromatic carbocycles. The monoisotopic (exact) mass is 486 g/mol. The number of hydrogen-bond donors (Lipinski definition) is 0. The first kappa shape index (κ1) is 25.5. The molecule has 0 aromatic heterocycles. The minimum absolute atomic E-state index is 0.146. The molecular formula is C37H42. The third kappa shape index (κ3) is 5.30. The minimum atomic E-state index is 0.146. The first-order chi connectivity index (χ1) is 18.3. The van der Waals surface area contributed by atoms with Crippen molar-refractivity contribution >= 4 is 0 Å². The van der Waals surface area contributed by atoms with Gasteiger partial charge in [-0.1, -0.05) is 156 Å². The maximum Gasteiger partial charge on any atom is 0.0215 e. The molecule has 0 saturated heterocycles. The fourth-order valence-electron chi connectivity index (χ4n) is 6.49. The van der Waals surface area contributed by atoms with E-state index in [4.69, 9.17) is 0 Å². The first-order valence-electron chi connectivity index (χ1n) is 14.7. The van der Waals surface area contributed by atoms with Gasteiger partial charge in [0, 0.05) is 5.41 Å². The lowest BCUT2D eigenvalue weighted by Crippen LogP contribution is -2.25. The van der Waals surface area contributed by atoms with Gasteiger partial charge in [0.05, 0.1) is 0 Å². The van der Waals surface area contributed by atoms with Crippen molar-refractivity contribution in [2.75, 3.05) is 0 Å². The quantitative estimate of drug-likeness (QED) is 0.175. The fourth-order valence-corrected chi connectivity index (χ4v) is 6.49. The second-order valence-corrected chi connectivity index (χ2v) is 11.0. The zero-order valence-corrected chi connectivity index (χ0v) is 22.8. The van der Waals surface area contributed by atoms with E-state index in [9.17, 15) is 0 Å². The highest BCUT2D eigenvalue weighted by molar-refractivity contribution is 5.84. The van der Waals surface area contributed by atoms with Crippen molar-refractivity contribution in [1.82, 2.24) is 0 Å². The molecule has 0 unspecified atom stereocenters. The van der Waals surface area contributed by atoms with Crippen LogP contribution in [0.15, 0.2) is 97.1 Å². The highest BCUT2D eigenvalue weighted by atomic mass is 14.4. The van der Waals surface area contributed by atoms with Gasteiger partial charge in [-0.25, -0.2) is 0 Å². The fraction of sp³-hybridized carbons (Fsp3) is 0.351. The van der Waals surface area contributed by atoms with Crippen LogP contribution in [0.5, 0.6) is 0 Å². The molecular weight excluding hydrogens is 444 g/mol. The normalized spacial score (nSPS) is 13.4. The smallest absolute Gasteiger partial charge is 0.0215 e. The molecule has 0 bridgehead atoms. The molecule has 37 heavy (non-hydrogen) atoms. The lowest BCUT2D eigenvalue weighted by Gasteiger charge is -2.33. The van der Waals surface area contributed by atoms with Crippen LogP contribution in [0.3, 0.4) is 0 Å². The van der Waals surface area contributed by atoms with Crippen LogP contribution >= 0.6 is 0 Å². The Kier molecular flexibility index (Phi) is 8.24. The molecule has 4 aromatic rings. The van der Waals surface area contributed by atoms with Crippen LogP contribution in [0, 0.1) is 0 Å². The zero-order chi connectivity index (χ0) is 25.5. The Labute approximate surface area is 224 Å². The second kappa shape index (κ2) is 12.0. The largest absolute Gasteiger partial charge is 0.0654 e. The summed E-state index contributed by atoms with van der Waals surface area (Å²) < 4.78 is 0. The molecule has 0 heteroatoms. The van der Waals surface area contributed by atoms with E-state index < -0.39 is 0 Å². The maximum absolute atomic E-state index is 2.55. The van der Waals surface area contributed by atoms with Crippen molar-refractivity contribution in [3.63, 3.8) is 0 Å². The molecule has 0 amide bonds. The molecule has 0 N–H and O–H groups in total. The van der Waals surface area contributed by atoms with Crippen LogP contribution in [0.4, 0.5) is 0 Å². The van der Waals surface area contributed by atoms with Gasteiger partial charge in [-0.2, -0.15) is 0 Å². The maximum atomic E-state index is 2.55. The van der Waals surface area contributed by atoms with Gasteiger partial charge in [0.25, 0.3) is 0 Å². The van der Waals surface area contributed by atoms with E-state index in [1.807, 2.05) is 0 Å². The van der Waals surface area contributed by atoms with Crippen molar-refractivity contribution in [2.24, 2.45) is 0 Å². The van der Waals surface area contributed by atoms with E-state index >= 15 is 0 Å². The minimum Gasteiger partial charge on any atom is -0.0654 e. The molecule has 1 aliphatic rings. The molecule has 0 fully saturated rings. The molecule has 0 heterocycles. The predicted molar refractivity (Wildman–Crippen MR) is 161 cm³/mol. The Bertz CT molecular complexity index is 1270. The summed E-state index contributed by atoms with van der Waals surface area (Å²) in [4.78, 5) is 0. The summed E-state index contributed by atoms with van der Waals surface area (Å²) in [5.41, 5.74) is 11.4. The molecule has 0 aliphatic heterocycles. The van der Waals surface area contributed by atoms with E-state index in [2.05, 4.69) is 111 Å². The SMILES string of the molecule is CCCCCCC1(CCCCCC)c2ccccc2-c2ccc(-c3ccc(-c4ccccc4)cc3)cc21. The number of hydrogen-bond acceptors (Lipinski definition) is 0. The third-order valence-electron chi connectivity index (χ3n) is 8.51. The second-order valence-electron chi connectivity index (χ2n) is 11.0. The Morgan fingerprint density at radius 3 is 1.59 bits per heavy atom. The summed E-state index contributed by atoms with van der Waals surface area (Å²) in [6, 6.07) is 36.4. The zero-order valence-electron chi connectivity index (χ0n) is 22.8. The molecule has 1 aliphatic carbocycles. The van der Waals surface area contributed by atoms with E-state index in [0.717, 1.165) is 0 Å². The van der Waals surface area contributed by atoms with Crippen LogP contribution in [0.1, 0.15) is 89.2 Å². The Balaban J connectivity index is 1.53. The van der Waals surface area contributed by atoms with E-state index in [0.29, 0.717) is 0 Å². The van der Waals surface area contributed by atoms with Crippen molar-refractivity contribution < 1.29 is 0 Å². The van der Waals surface area contributed by atoms with E-state index in [1.54, 1.807) is 11.1 Å². The number of unbranched alkanes of at least 4 members (excludes halogenated alkanes) is 6. The van der Waals surface area contributed by atoms with Gasteiger partial charge in [-0.3, -0.25) is 0 Å². The van der Waals surface area contributed by atoms with Crippen LogP contribution < -0.4 is 0 Å². The average molecular weight is 487 g/mol. The van der Waals surface area contributed by atoms with Gasteiger partial charge in [0.2, 0.25) is 0 Å². The van der Waals surface area contributed by atoms with Crippen LogP contribution in [-0.2, 0) is 5.41 Å². The average Bonchev–Trinajstić information content (AvgIpc) is 3.23. The highest BCUT2D eigenvalue weighted by Crippen LogP contribution is 2.54.